The van der Waals surface area contributed by atoms with Crippen molar-refractivity contribution in [3.05, 3.63) is 0 Å². The number of methoxy groups -OCH3 is 1. The number of rotatable bonds is 6. The molecular weight excluding hydrogens is 244 g/mol. The van der Waals surface area contributed by atoms with Gasteiger partial charge in [-0.25, -0.2) is 0 Å². The molecule has 0 aromatic heterocycles. The van der Waals surface area contributed by atoms with Crippen LogP contribution >= 0.6 is 0 Å². The first kappa shape index (κ1) is 14.8. The van der Waals surface area contributed by atoms with Crippen molar-refractivity contribution in [1.29, 1.82) is 0 Å². The number of nitrogens with two attached hydrogens (primary N) is 1. The number of ether oxygens (including phenoxy) is 2. The maximum Gasteiger partial charge on any atom is 0.239 e. The highest BCUT2D eigenvalue weighted by Crippen LogP contribution is 2.54. The van der Waals surface area contributed by atoms with Crippen molar-refractivity contribution >= 4 is 5.91 Å². The normalized spacial score (nSPS) is 30.1. The molecule has 0 heterocycles. The molecule has 2 aliphatic rings. The summed E-state index contributed by atoms with van der Waals surface area (Å²) < 4.78 is 10.8. The summed E-state index contributed by atoms with van der Waals surface area (Å²) in [4.78, 5) is 12.0. The Balaban J connectivity index is 1.92. The van der Waals surface area contributed by atoms with E-state index in [1.54, 1.807) is 7.11 Å². The lowest BCUT2D eigenvalue weighted by molar-refractivity contribution is -0.145. The van der Waals surface area contributed by atoms with E-state index < -0.39 is 6.04 Å². The van der Waals surface area contributed by atoms with Crippen molar-refractivity contribution in [2.75, 3.05) is 20.3 Å². The highest BCUT2D eigenvalue weighted by molar-refractivity contribution is 5.82. The van der Waals surface area contributed by atoms with Gasteiger partial charge < -0.3 is 20.5 Å². The fourth-order valence-corrected chi connectivity index (χ4v) is 3.62. The van der Waals surface area contributed by atoms with Crippen LogP contribution in [0.3, 0.4) is 0 Å². The van der Waals surface area contributed by atoms with Crippen LogP contribution < -0.4 is 11.1 Å². The third-order valence-electron chi connectivity index (χ3n) is 4.69. The van der Waals surface area contributed by atoms with Gasteiger partial charge in [0.2, 0.25) is 5.91 Å². The van der Waals surface area contributed by atoms with E-state index in [1.165, 1.54) is 12.8 Å². The Labute approximate surface area is 115 Å². The fourth-order valence-electron chi connectivity index (χ4n) is 3.62. The molecule has 0 saturated heterocycles. The SMILES string of the molecule is CCOC1CC(NC(=O)C(N)COC)C12CCCC2. The van der Waals surface area contributed by atoms with E-state index in [4.69, 9.17) is 15.2 Å². The third kappa shape index (κ3) is 2.78. The smallest absolute Gasteiger partial charge is 0.239 e. The van der Waals surface area contributed by atoms with Crippen LogP contribution in [0, 0.1) is 5.41 Å². The number of nitrogens with one attached hydrogen (secondary N) is 1. The predicted octanol–water partition coefficient (Wildman–Crippen LogP) is 0.814. The summed E-state index contributed by atoms with van der Waals surface area (Å²) in [6.45, 7) is 3.04. The van der Waals surface area contributed by atoms with Gasteiger partial charge in [0.05, 0.1) is 12.7 Å². The Kier molecular flexibility index (Phi) is 4.81. The minimum atomic E-state index is -0.574. The van der Waals surface area contributed by atoms with E-state index >= 15 is 0 Å². The Morgan fingerprint density at radius 2 is 2.16 bits per heavy atom. The van der Waals surface area contributed by atoms with Gasteiger partial charge >= 0.3 is 0 Å². The average Bonchev–Trinajstić information content (AvgIpc) is 2.90. The summed E-state index contributed by atoms with van der Waals surface area (Å²) in [5.41, 5.74) is 5.93. The van der Waals surface area contributed by atoms with E-state index in [1.807, 2.05) is 6.92 Å². The lowest BCUT2D eigenvalue weighted by Crippen LogP contribution is -2.65. The van der Waals surface area contributed by atoms with Gasteiger partial charge in [0.15, 0.2) is 0 Å². The molecular formula is C14H26N2O3. The topological polar surface area (TPSA) is 73.6 Å². The lowest BCUT2D eigenvalue weighted by Gasteiger charge is -2.54. The molecule has 2 saturated carbocycles. The monoisotopic (exact) mass is 270 g/mol. The summed E-state index contributed by atoms with van der Waals surface area (Å²) >= 11 is 0. The van der Waals surface area contributed by atoms with Crippen molar-refractivity contribution in [3.8, 4) is 0 Å². The number of amides is 1. The van der Waals surface area contributed by atoms with Crippen LogP contribution in [0.4, 0.5) is 0 Å². The van der Waals surface area contributed by atoms with Crippen LogP contribution in [0.15, 0.2) is 0 Å². The fraction of sp³-hybridized carbons (Fsp3) is 0.929. The summed E-state index contributed by atoms with van der Waals surface area (Å²) in [6, 6.07) is -0.350. The minimum Gasteiger partial charge on any atom is -0.383 e. The highest BCUT2D eigenvalue weighted by Gasteiger charge is 2.57. The Morgan fingerprint density at radius 3 is 2.74 bits per heavy atom. The standard InChI is InChI=1S/C14H26N2O3/c1-3-19-12-8-11(14(12)6-4-5-7-14)16-13(17)10(15)9-18-2/h10-12H,3-9,15H2,1-2H3,(H,16,17). The molecule has 2 aliphatic carbocycles. The molecule has 3 N–H and O–H groups in total. The van der Waals surface area contributed by atoms with E-state index in [-0.39, 0.29) is 24.0 Å². The second kappa shape index (κ2) is 6.20. The van der Waals surface area contributed by atoms with Crippen molar-refractivity contribution in [2.45, 2.75) is 57.2 Å². The van der Waals surface area contributed by atoms with Gasteiger partial charge in [0, 0.05) is 25.2 Å². The lowest BCUT2D eigenvalue weighted by atomic mass is 9.60. The molecule has 2 fully saturated rings. The Bertz CT molecular complexity index is 316. The molecule has 1 spiro atoms. The summed E-state index contributed by atoms with van der Waals surface area (Å²) in [7, 11) is 1.56. The Morgan fingerprint density at radius 1 is 1.47 bits per heavy atom. The summed E-state index contributed by atoms with van der Waals surface area (Å²) in [5, 5.41) is 3.10. The van der Waals surface area contributed by atoms with E-state index in [0.29, 0.717) is 6.10 Å². The average molecular weight is 270 g/mol. The molecule has 3 atom stereocenters. The van der Waals surface area contributed by atoms with Crippen LogP contribution in [0.1, 0.15) is 39.0 Å². The molecule has 0 aliphatic heterocycles. The molecule has 5 nitrogen and oxygen atoms in total. The maximum atomic E-state index is 12.0. The number of hydrogen-bond acceptors (Lipinski definition) is 4. The first-order valence-electron chi connectivity index (χ1n) is 7.30. The van der Waals surface area contributed by atoms with Gasteiger partial charge in [-0.2, -0.15) is 0 Å². The molecule has 5 heteroatoms. The molecule has 3 unspecified atom stereocenters. The molecule has 110 valence electrons. The zero-order chi connectivity index (χ0) is 13.9. The van der Waals surface area contributed by atoms with E-state index in [0.717, 1.165) is 25.9 Å². The Hall–Kier alpha value is -0.650. The predicted molar refractivity (Wildman–Crippen MR) is 72.7 cm³/mol. The molecule has 0 aromatic carbocycles. The molecule has 0 radical (unpaired) electrons. The molecule has 0 bridgehead atoms. The van der Waals surface area contributed by atoms with Crippen molar-refractivity contribution in [2.24, 2.45) is 11.1 Å². The van der Waals surface area contributed by atoms with Crippen LogP contribution in [0.5, 0.6) is 0 Å². The van der Waals surface area contributed by atoms with Gasteiger partial charge in [-0.05, 0) is 26.2 Å². The molecule has 1 amide bonds. The number of carbonyl (C=O) groups is 1. The van der Waals surface area contributed by atoms with Crippen molar-refractivity contribution < 1.29 is 14.3 Å². The van der Waals surface area contributed by atoms with Gasteiger partial charge in [-0.1, -0.05) is 12.8 Å². The van der Waals surface area contributed by atoms with Crippen molar-refractivity contribution in [3.63, 3.8) is 0 Å². The van der Waals surface area contributed by atoms with Crippen molar-refractivity contribution in [1.82, 2.24) is 5.32 Å². The largest absolute Gasteiger partial charge is 0.383 e. The maximum absolute atomic E-state index is 12.0. The third-order valence-corrected chi connectivity index (χ3v) is 4.69. The van der Waals surface area contributed by atoms with Gasteiger partial charge in [0.1, 0.15) is 6.04 Å². The second-order valence-corrected chi connectivity index (χ2v) is 5.74. The van der Waals surface area contributed by atoms with Crippen LogP contribution in [-0.2, 0) is 14.3 Å². The number of hydrogen-bond donors (Lipinski definition) is 2. The second-order valence-electron chi connectivity index (χ2n) is 5.74. The van der Waals surface area contributed by atoms with Crippen LogP contribution in [-0.4, -0.2) is 44.4 Å². The van der Waals surface area contributed by atoms with E-state index in [9.17, 15) is 4.79 Å². The summed E-state index contributed by atoms with van der Waals surface area (Å²) in [6.07, 6.45) is 6.01. The zero-order valence-electron chi connectivity index (χ0n) is 12.0. The van der Waals surface area contributed by atoms with Crippen LogP contribution in [0.25, 0.3) is 0 Å². The molecule has 0 aromatic rings. The summed E-state index contributed by atoms with van der Waals surface area (Å²) in [5.74, 6) is -0.104. The first-order valence-corrected chi connectivity index (χ1v) is 7.30. The van der Waals surface area contributed by atoms with Gasteiger partial charge in [0.25, 0.3) is 0 Å². The van der Waals surface area contributed by atoms with Crippen LogP contribution in [0.2, 0.25) is 0 Å². The first-order chi connectivity index (χ1) is 9.14. The van der Waals surface area contributed by atoms with Gasteiger partial charge in [-0.15, -0.1) is 0 Å². The van der Waals surface area contributed by atoms with E-state index in [2.05, 4.69) is 5.32 Å². The number of carbonyl (C=O) groups excluding carboxylic acids is 1. The zero-order valence-corrected chi connectivity index (χ0v) is 12.0. The quantitative estimate of drug-likeness (QED) is 0.749. The molecule has 2 rings (SSSR count). The van der Waals surface area contributed by atoms with Gasteiger partial charge in [-0.3, -0.25) is 4.79 Å². The molecule has 19 heavy (non-hydrogen) atoms. The highest BCUT2D eigenvalue weighted by atomic mass is 16.5. The minimum absolute atomic E-state index is 0.104.